The number of pyridine rings is 2. The first-order valence-electron chi connectivity index (χ1n) is 8.76. The molecule has 3 aromatic heterocycles. The van der Waals surface area contributed by atoms with E-state index in [1.165, 1.54) is 0 Å². The molecule has 1 aromatic carbocycles. The molecule has 27 heavy (non-hydrogen) atoms. The highest BCUT2D eigenvalue weighted by Gasteiger charge is 2.20. The van der Waals surface area contributed by atoms with Gasteiger partial charge in [-0.2, -0.15) is 0 Å². The molecule has 5 rings (SSSR count). The molecule has 1 aliphatic heterocycles. The Hall–Kier alpha value is -3.67. The molecular formula is C21H16N4O2. The zero-order valence-corrected chi connectivity index (χ0v) is 14.4. The predicted molar refractivity (Wildman–Crippen MR) is 102 cm³/mol. The fourth-order valence-electron chi connectivity index (χ4n) is 3.37. The monoisotopic (exact) mass is 356 g/mol. The minimum atomic E-state index is -0.0347. The van der Waals surface area contributed by atoms with Gasteiger partial charge in [0.15, 0.2) is 0 Å². The number of hydrogen-bond donors (Lipinski definition) is 2. The number of hydrogen-bond acceptors (Lipinski definition) is 4. The van der Waals surface area contributed by atoms with Crippen LogP contribution in [0.5, 0.6) is 11.6 Å². The number of nitrogens with zero attached hydrogens (tertiary/aromatic N) is 2. The maximum absolute atomic E-state index is 12.1. The molecule has 0 radical (unpaired) electrons. The number of nitrogens with one attached hydrogen (secondary N) is 2. The van der Waals surface area contributed by atoms with Crippen LogP contribution in [-0.2, 0) is 6.42 Å². The quantitative estimate of drug-likeness (QED) is 0.586. The van der Waals surface area contributed by atoms with E-state index in [0.29, 0.717) is 23.7 Å². The number of fused-ring (bicyclic) bond motifs is 2. The minimum Gasteiger partial charge on any atom is -0.437 e. The first-order valence-corrected chi connectivity index (χ1v) is 8.76. The summed E-state index contributed by atoms with van der Waals surface area (Å²) in [5.41, 5.74) is 4.31. The molecule has 2 N–H and O–H groups in total. The number of aromatic amines is 1. The number of carbonyl (C=O) groups excluding carboxylic acids is 1. The lowest BCUT2D eigenvalue weighted by atomic mass is 10.1. The summed E-state index contributed by atoms with van der Waals surface area (Å²) >= 11 is 0. The molecule has 0 atom stereocenters. The van der Waals surface area contributed by atoms with Gasteiger partial charge >= 0.3 is 0 Å². The van der Waals surface area contributed by atoms with E-state index in [1.54, 1.807) is 12.4 Å². The fraction of sp³-hybridized carbons (Fsp3) is 0.0952. The predicted octanol–water partition coefficient (Wildman–Crippen LogP) is 3.70. The van der Waals surface area contributed by atoms with E-state index in [-0.39, 0.29) is 5.91 Å². The van der Waals surface area contributed by atoms with Crippen LogP contribution in [0, 0.1) is 0 Å². The van der Waals surface area contributed by atoms with Gasteiger partial charge in [0, 0.05) is 47.6 Å². The maximum Gasteiger partial charge on any atom is 0.253 e. The third-order valence-electron chi connectivity index (χ3n) is 4.65. The fourth-order valence-corrected chi connectivity index (χ4v) is 3.37. The second-order valence-electron chi connectivity index (χ2n) is 6.40. The van der Waals surface area contributed by atoms with Crippen molar-refractivity contribution >= 4 is 16.8 Å². The molecule has 0 saturated carbocycles. The van der Waals surface area contributed by atoms with E-state index in [2.05, 4.69) is 15.3 Å². The van der Waals surface area contributed by atoms with Crippen LogP contribution in [-0.4, -0.2) is 27.4 Å². The number of H-pyrrole nitrogens is 1. The van der Waals surface area contributed by atoms with Gasteiger partial charge in [-0.1, -0.05) is 18.2 Å². The van der Waals surface area contributed by atoms with Crippen molar-refractivity contribution in [3.05, 3.63) is 72.2 Å². The molecule has 1 amide bonds. The second kappa shape index (κ2) is 6.25. The van der Waals surface area contributed by atoms with Crippen molar-refractivity contribution in [2.75, 3.05) is 6.54 Å². The van der Waals surface area contributed by atoms with Gasteiger partial charge in [0.2, 0.25) is 5.88 Å². The van der Waals surface area contributed by atoms with Gasteiger partial charge in [0.1, 0.15) is 5.75 Å². The SMILES string of the molecule is O=C1NCCc2[nH]c(-c3cccc4ccc(Oc5cccnc5)nc34)cc21. The molecule has 0 fully saturated rings. The summed E-state index contributed by atoms with van der Waals surface area (Å²) in [4.78, 5) is 24.2. The number of ether oxygens (including phenoxy) is 1. The maximum atomic E-state index is 12.1. The van der Waals surface area contributed by atoms with Crippen LogP contribution in [0.4, 0.5) is 0 Å². The smallest absolute Gasteiger partial charge is 0.253 e. The molecule has 1 aliphatic rings. The zero-order chi connectivity index (χ0) is 18.2. The Morgan fingerprint density at radius 3 is 2.85 bits per heavy atom. The van der Waals surface area contributed by atoms with E-state index in [4.69, 9.17) is 9.72 Å². The van der Waals surface area contributed by atoms with Crippen LogP contribution in [0.1, 0.15) is 16.1 Å². The Labute approximate surface area is 155 Å². The van der Waals surface area contributed by atoms with Gasteiger partial charge in [-0.15, -0.1) is 0 Å². The van der Waals surface area contributed by atoms with Crippen molar-refractivity contribution in [3.8, 4) is 22.9 Å². The van der Waals surface area contributed by atoms with Gasteiger partial charge in [0.25, 0.3) is 5.91 Å². The molecule has 4 heterocycles. The van der Waals surface area contributed by atoms with E-state index in [9.17, 15) is 4.79 Å². The Morgan fingerprint density at radius 2 is 2.00 bits per heavy atom. The first kappa shape index (κ1) is 15.6. The van der Waals surface area contributed by atoms with Gasteiger partial charge in [-0.05, 0) is 24.3 Å². The molecule has 0 unspecified atom stereocenters. The number of benzene rings is 1. The summed E-state index contributed by atoms with van der Waals surface area (Å²) in [6, 6.07) is 15.4. The van der Waals surface area contributed by atoms with E-state index >= 15 is 0 Å². The minimum absolute atomic E-state index is 0.0347. The molecule has 4 aromatic rings. The Balaban J connectivity index is 1.60. The van der Waals surface area contributed by atoms with E-state index in [0.717, 1.165) is 34.3 Å². The average Bonchev–Trinajstić information content (AvgIpc) is 3.14. The van der Waals surface area contributed by atoms with Crippen molar-refractivity contribution in [1.29, 1.82) is 0 Å². The molecule has 0 spiro atoms. The summed E-state index contributed by atoms with van der Waals surface area (Å²) in [5, 5.41) is 3.88. The molecule has 132 valence electrons. The van der Waals surface area contributed by atoms with Crippen LogP contribution in [0.2, 0.25) is 0 Å². The Bertz CT molecular complexity index is 1150. The highest BCUT2D eigenvalue weighted by molar-refractivity contribution is 6.00. The number of rotatable bonds is 3. The van der Waals surface area contributed by atoms with Crippen LogP contribution in [0.15, 0.2) is 60.9 Å². The van der Waals surface area contributed by atoms with Crippen LogP contribution >= 0.6 is 0 Å². The third kappa shape index (κ3) is 2.81. The number of para-hydroxylation sites is 1. The molecule has 0 aliphatic carbocycles. The van der Waals surface area contributed by atoms with Gasteiger partial charge < -0.3 is 15.0 Å². The zero-order valence-electron chi connectivity index (χ0n) is 14.4. The summed E-state index contributed by atoms with van der Waals surface area (Å²) in [7, 11) is 0. The van der Waals surface area contributed by atoms with Crippen molar-refractivity contribution in [3.63, 3.8) is 0 Å². The second-order valence-corrected chi connectivity index (χ2v) is 6.40. The van der Waals surface area contributed by atoms with E-state index < -0.39 is 0 Å². The van der Waals surface area contributed by atoms with Crippen molar-refractivity contribution in [2.24, 2.45) is 0 Å². The summed E-state index contributed by atoms with van der Waals surface area (Å²) < 4.78 is 5.83. The highest BCUT2D eigenvalue weighted by Crippen LogP contribution is 2.31. The summed E-state index contributed by atoms with van der Waals surface area (Å²) in [5.74, 6) is 1.10. The van der Waals surface area contributed by atoms with E-state index in [1.807, 2.05) is 48.5 Å². The van der Waals surface area contributed by atoms with Crippen molar-refractivity contribution in [2.45, 2.75) is 6.42 Å². The van der Waals surface area contributed by atoms with Gasteiger partial charge in [0.05, 0.1) is 17.3 Å². The Kier molecular flexibility index (Phi) is 3.60. The lowest BCUT2D eigenvalue weighted by molar-refractivity contribution is 0.0946. The first-order chi connectivity index (χ1) is 13.3. The number of carbonyl (C=O) groups is 1. The normalized spacial score (nSPS) is 13.3. The van der Waals surface area contributed by atoms with Crippen LogP contribution in [0.3, 0.4) is 0 Å². The third-order valence-corrected chi connectivity index (χ3v) is 4.65. The molecule has 6 nitrogen and oxygen atoms in total. The molecule has 0 bridgehead atoms. The van der Waals surface area contributed by atoms with Crippen LogP contribution < -0.4 is 10.1 Å². The number of amides is 1. The average molecular weight is 356 g/mol. The standard InChI is InChI=1S/C21H16N4O2/c26-21-16-11-18(24-17(16)8-10-23-21)15-5-1-3-13-6-7-19(25-20(13)15)27-14-4-2-9-22-12-14/h1-7,9,11-12,24H,8,10H2,(H,23,26). The topological polar surface area (TPSA) is 79.9 Å². The van der Waals surface area contributed by atoms with Gasteiger partial charge in [-0.25, -0.2) is 4.98 Å². The molecular weight excluding hydrogens is 340 g/mol. The summed E-state index contributed by atoms with van der Waals surface area (Å²) in [6.07, 6.45) is 4.14. The van der Waals surface area contributed by atoms with Crippen molar-refractivity contribution in [1.82, 2.24) is 20.3 Å². The van der Waals surface area contributed by atoms with Crippen LogP contribution in [0.25, 0.3) is 22.2 Å². The lowest BCUT2D eigenvalue weighted by Crippen LogP contribution is -2.31. The number of aromatic nitrogens is 3. The Morgan fingerprint density at radius 1 is 1.04 bits per heavy atom. The van der Waals surface area contributed by atoms with Gasteiger partial charge in [-0.3, -0.25) is 9.78 Å². The lowest BCUT2D eigenvalue weighted by Gasteiger charge is -2.11. The summed E-state index contributed by atoms with van der Waals surface area (Å²) in [6.45, 7) is 0.655. The molecule has 0 saturated heterocycles. The largest absolute Gasteiger partial charge is 0.437 e. The van der Waals surface area contributed by atoms with Crippen molar-refractivity contribution < 1.29 is 9.53 Å². The molecule has 6 heteroatoms. The highest BCUT2D eigenvalue weighted by atomic mass is 16.5.